The highest BCUT2D eigenvalue weighted by Gasteiger charge is 2.36. The lowest BCUT2D eigenvalue weighted by Gasteiger charge is -2.10. The molecular weight excluding hydrogens is 349 g/mol. The summed E-state index contributed by atoms with van der Waals surface area (Å²) in [5.41, 5.74) is -1.51. The van der Waals surface area contributed by atoms with Crippen LogP contribution in [-0.2, 0) is 6.18 Å². The van der Waals surface area contributed by atoms with Crippen molar-refractivity contribution in [3.05, 3.63) is 36.4 Å². The molecule has 0 aliphatic carbocycles. The highest BCUT2D eigenvalue weighted by atomic mass is 127. The van der Waals surface area contributed by atoms with E-state index in [1.165, 1.54) is 22.6 Å². The number of halogens is 5. The Bertz CT molecular complexity index is 398. The van der Waals surface area contributed by atoms with Gasteiger partial charge in [-0.05, 0) is 22.6 Å². The average Bonchev–Trinajstić information content (AvgIpc) is 1.99. The van der Waals surface area contributed by atoms with Crippen molar-refractivity contribution in [2.75, 3.05) is 0 Å². The molecule has 0 radical (unpaired) electrons. The molecule has 0 heterocycles. The summed E-state index contributed by atoms with van der Waals surface area (Å²) in [5, 5.41) is 9.66. The molecule has 0 amide bonds. The van der Waals surface area contributed by atoms with Crippen molar-refractivity contribution in [2.45, 2.75) is 6.18 Å². The third-order valence-corrected chi connectivity index (χ3v) is 2.67. The molecular formula is C7H2ClF3INO2. The number of benzene rings is 1. The van der Waals surface area contributed by atoms with Gasteiger partial charge < -0.3 is 0 Å². The van der Waals surface area contributed by atoms with Crippen LogP contribution in [0.2, 0.25) is 5.02 Å². The summed E-state index contributed by atoms with van der Waals surface area (Å²) in [5.74, 6) is 0. The van der Waals surface area contributed by atoms with E-state index in [0.29, 0.717) is 6.07 Å². The normalized spacial score (nSPS) is 11.5. The molecule has 1 aromatic carbocycles. The smallest absolute Gasteiger partial charge is 0.258 e. The van der Waals surface area contributed by atoms with Gasteiger partial charge in [0.2, 0.25) is 0 Å². The lowest BCUT2D eigenvalue weighted by molar-refractivity contribution is -0.385. The van der Waals surface area contributed by atoms with Crippen LogP contribution in [0.25, 0.3) is 0 Å². The second kappa shape index (κ2) is 4.12. The fourth-order valence-electron chi connectivity index (χ4n) is 0.936. The Morgan fingerprint density at radius 3 is 2.27 bits per heavy atom. The van der Waals surface area contributed by atoms with Crippen molar-refractivity contribution < 1.29 is 18.1 Å². The predicted octanol–water partition coefficient (Wildman–Crippen LogP) is 3.87. The first-order valence-electron chi connectivity index (χ1n) is 3.44. The van der Waals surface area contributed by atoms with E-state index in [0.717, 1.165) is 6.07 Å². The molecule has 15 heavy (non-hydrogen) atoms. The number of rotatable bonds is 1. The zero-order valence-electron chi connectivity index (χ0n) is 6.81. The number of nitro benzene ring substituents is 1. The van der Waals surface area contributed by atoms with Crippen LogP contribution < -0.4 is 0 Å². The van der Waals surface area contributed by atoms with Gasteiger partial charge in [-0.15, -0.1) is 0 Å². The van der Waals surface area contributed by atoms with Crippen molar-refractivity contribution in [3.8, 4) is 0 Å². The zero-order valence-corrected chi connectivity index (χ0v) is 9.72. The topological polar surface area (TPSA) is 43.1 Å². The molecule has 1 aromatic rings. The average molecular weight is 351 g/mol. The van der Waals surface area contributed by atoms with Gasteiger partial charge in [0.1, 0.15) is 0 Å². The van der Waals surface area contributed by atoms with Gasteiger partial charge >= 0.3 is 6.18 Å². The van der Waals surface area contributed by atoms with Crippen LogP contribution in [-0.4, -0.2) is 4.92 Å². The van der Waals surface area contributed by atoms with Crippen molar-refractivity contribution in [1.29, 1.82) is 0 Å². The molecule has 0 saturated heterocycles. The first-order chi connectivity index (χ1) is 6.73. The molecule has 0 aliphatic heterocycles. The molecule has 3 nitrogen and oxygen atoms in total. The Kier molecular flexibility index (Phi) is 3.44. The van der Waals surface area contributed by atoms with E-state index in [4.69, 9.17) is 11.6 Å². The summed E-state index contributed by atoms with van der Waals surface area (Å²) in [6.45, 7) is 0. The summed E-state index contributed by atoms with van der Waals surface area (Å²) in [7, 11) is 0. The quantitative estimate of drug-likeness (QED) is 0.438. The lowest BCUT2D eigenvalue weighted by atomic mass is 10.2. The summed E-state index contributed by atoms with van der Waals surface area (Å²) >= 11 is 6.70. The maximum absolute atomic E-state index is 12.4. The highest BCUT2D eigenvalue weighted by molar-refractivity contribution is 14.1. The number of hydrogen-bond donors (Lipinski definition) is 0. The molecule has 1 rings (SSSR count). The summed E-state index contributed by atoms with van der Waals surface area (Å²) in [6, 6.07) is 1.52. The Balaban J connectivity index is 3.41. The fourth-order valence-corrected chi connectivity index (χ4v) is 2.33. The van der Waals surface area contributed by atoms with E-state index in [-0.39, 0.29) is 3.57 Å². The number of non-ortho nitro benzene ring substituents is 1. The van der Waals surface area contributed by atoms with Gasteiger partial charge in [0.15, 0.2) is 0 Å². The van der Waals surface area contributed by atoms with Gasteiger partial charge in [-0.1, -0.05) is 11.6 Å². The van der Waals surface area contributed by atoms with Gasteiger partial charge in [-0.3, -0.25) is 10.1 Å². The van der Waals surface area contributed by atoms with Crippen LogP contribution in [0.4, 0.5) is 18.9 Å². The summed E-state index contributed by atoms with van der Waals surface area (Å²) < 4.78 is 36.9. The third-order valence-electron chi connectivity index (χ3n) is 1.52. The largest absolute Gasteiger partial charge is 0.418 e. The van der Waals surface area contributed by atoms with Gasteiger partial charge in [-0.2, -0.15) is 13.2 Å². The second-order valence-corrected chi connectivity index (χ2v) is 4.11. The molecule has 0 aliphatic rings. The molecule has 82 valence electrons. The van der Waals surface area contributed by atoms with E-state index in [2.05, 4.69) is 0 Å². The molecule has 0 unspecified atom stereocenters. The minimum absolute atomic E-state index is 0.292. The number of nitrogens with zero attached hydrogens (tertiary/aromatic N) is 1. The Morgan fingerprint density at radius 2 is 1.93 bits per heavy atom. The van der Waals surface area contributed by atoms with Crippen LogP contribution in [0.1, 0.15) is 5.56 Å². The summed E-state index contributed by atoms with van der Waals surface area (Å²) in [6.07, 6.45) is -4.61. The molecule has 0 N–H and O–H groups in total. The fraction of sp³-hybridized carbons (Fsp3) is 0.143. The Labute approximate surface area is 101 Å². The van der Waals surface area contributed by atoms with E-state index < -0.39 is 27.4 Å². The van der Waals surface area contributed by atoms with Gasteiger partial charge in [0, 0.05) is 15.7 Å². The van der Waals surface area contributed by atoms with E-state index in [9.17, 15) is 23.3 Å². The standard InChI is InChI=1S/C7H2ClF3INO2/c8-4-1-3(13(14)15)2-5(12)6(4)7(9,10)11/h1-2H. The van der Waals surface area contributed by atoms with Crippen molar-refractivity contribution >= 4 is 39.9 Å². The van der Waals surface area contributed by atoms with Crippen molar-refractivity contribution in [2.24, 2.45) is 0 Å². The monoisotopic (exact) mass is 351 g/mol. The van der Waals surface area contributed by atoms with Crippen LogP contribution >= 0.6 is 34.2 Å². The lowest BCUT2D eigenvalue weighted by Crippen LogP contribution is -2.09. The Hall–Kier alpha value is -0.570. The first-order valence-corrected chi connectivity index (χ1v) is 4.90. The molecule has 0 saturated carbocycles. The summed E-state index contributed by atoms with van der Waals surface area (Å²) in [4.78, 5) is 9.53. The SMILES string of the molecule is O=[N+]([O-])c1cc(Cl)c(C(F)(F)F)c(I)c1. The molecule has 8 heteroatoms. The van der Waals surface area contributed by atoms with E-state index in [1.807, 2.05) is 0 Å². The molecule has 0 spiro atoms. The van der Waals surface area contributed by atoms with Gasteiger partial charge in [-0.25, -0.2) is 0 Å². The highest BCUT2D eigenvalue weighted by Crippen LogP contribution is 2.39. The van der Waals surface area contributed by atoms with Crippen molar-refractivity contribution in [3.63, 3.8) is 0 Å². The maximum Gasteiger partial charge on any atom is 0.418 e. The van der Waals surface area contributed by atoms with E-state index >= 15 is 0 Å². The number of nitro groups is 1. The maximum atomic E-state index is 12.4. The van der Waals surface area contributed by atoms with Crippen LogP contribution in [0, 0.1) is 13.7 Å². The minimum Gasteiger partial charge on any atom is -0.258 e. The number of alkyl halides is 3. The van der Waals surface area contributed by atoms with Crippen LogP contribution in [0.15, 0.2) is 12.1 Å². The molecule has 0 aromatic heterocycles. The van der Waals surface area contributed by atoms with Crippen LogP contribution in [0.5, 0.6) is 0 Å². The number of hydrogen-bond acceptors (Lipinski definition) is 2. The third kappa shape index (κ3) is 2.71. The molecule has 0 atom stereocenters. The molecule has 0 bridgehead atoms. The second-order valence-electron chi connectivity index (χ2n) is 2.54. The van der Waals surface area contributed by atoms with Crippen molar-refractivity contribution in [1.82, 2.24) is 0 Å². The predicted molar refractivity (Wildman–Crippen MR) is 55.8 cm³/mol. The van der Waals surface area contributed by atoms with Gasteiger partial charge in [0.05, 0.1) is 15.5 Å². The minimum atomic E-state index is -4.61. The Morgan fingerprint density at radius 1 is 1.40 bits per heavy atom. The van der Waals surface area contributed by atoms with Crippen LogP contribution in [0.3, 0.4) is 0 Å². The molecule has 0 fully saturated rings. The first kappa shape index (κ1) is 12.5. The zero-order chi connectivity index (χ0) is 11.8. The van der Waals surface area contributed by atoms with E-state index in [1.54, 1.807) is 0 Å². The van der Waals surface area contributed by atoms with Gasteiger partial charge in [0.25, 0.3) is 5.69 Å².